The summed E-state index contributed by atoms with van der Waals surface area (Å²) in [5.74, 6) is 1.47. The number of ether oxygens (including phenoxy) is 3. The number of rotatable bonds is 3. The largest absolute Gasteiger partial charge is 0.507 e. The number of para-hydroxylation sites is 1. The number of hydrogen-bond acceptors (Lipinski definition) is 7. The molecular weight excluding hydrogens is 484 g/mol. The summed E-state index contributed by atoms with van der Waals surface area (Å²) in [6.45, 7) is 9.74. The molecule has 206 valence electrons. The van der Waals surface area contributed by atoms with E-state index in [1.807, 2.05) is 13.0 Å². The number of phenolic OH excluding ortho intramolecular Hbond substituents is 2. The summed E-state index contributed by atoms with van der Waals surface area (Å²) in [4.78, 5) is 11.1. The van der Waals surface area contributed by atoms with Crippen LogP contribution in [-0.2, 0) is 9.47 Å². The van der Waals surface area contributed by atoms with Gasteiger partial charge in [0.15, 0.2) is 0 Å². The molecule has 0 bridgehead atoms. The van der Waals surface area contributed by atoms with Crippen molar-refractivity contribution < 1.29 is 34.3 Å². The molecule has 2 heterocycles. The normalized spacial score (nSPS) is 32.0. The number of fused-ring (bicyclic) bond motifs is 2. The molecule has 4 aliphatic rings. The van der Waals surface area contributed by atoms with Gasteiger partial charge < -0.3 is 29.5 Å². The number of carbonyl (C=O) groups is 1. The maximum atomic E-state index is 11.1. The summed E-state index contributed by atoms with van der Waals surface area (Å²) in [5, 5.41) is 28.3. The minimum absolute atomic E-state index is 0.0222. The fourth-order valence-electron chi connectivity index (χ4n) is 8.06. The molecule has 0 radical (unpaired) electrons. The predicted octanol–water partition coefficient (Wildman–Crippen LogP) is 5.69. The Morgan fingerprint density at radius 2 is 1.84 bits per heavy atom. The van der Waals surface area contributed by atoms with Crippen LogP contribution in [0.4, 0.5) is 0 Å². The minimum Gasteiger partial charge on any atom is -0.507 e. The van der Waals surface area contributed by atoms with Crippen molar-refractivity contribution in [3.8, 4) is 17.2 Å². The Labute approximate surface area is 224 Å². The van der Waals surface area contributed by atoms with Gasteiger partial charge in [-0.1, -0.05) is 32.4 Å². The van der Waals surface area contributed by atoms with Crippen molar-refractivity contribution in [2.75, 3.05) is 19.8 Å². The van der Waals surface area contributed by atoms with E-state index in [1.165, 1.54) is 37.8 Å². The molecule has 1 saturated heterocycles. The Bertz CT molecular complexity index is 1210. The third-order valence-corrected chi connectivity index (χ3v) is 9.48. The number of aromatic hydroxyl groups is 2. The van der Waals surface area contributed by atoms with Gasteiger partial charge in [-0.3, -0.25) is 0 Å². The van der Waals surface area contributed by atoms with Gasteiger partial charge in [0.05, 0.1) is 24.9 Å². The third kappa shape index (κ3) is 4.34. The molecular formula is C31H40O7. The zero-order valence-electron chi connectivity index (χ0n) is 22.8. The van der Waals surface area contributed by atoms with Crippen LogP contribution in [0.3, 0.4) is 0 Å². The van der Waals surface area contributed by atoms with Crippen LogP contribution in [0.25, 0.3) is 0 Å². The van der Waals surface area contributed by atoms with Gasteiger partial charge in [0, 0.05) is 11.3 Å². The maximum absolute atomic E-state index is 11.1. The van der Waals surface area contributed by atoms with Crippen LogP contribution in [0.2, 0.25) is 0 Å². The Balaban J connectivity index is 0.000000193. The fraction of sp³-hybridized carbons (Fsp3) is 0.581. The van der Waals surface area contributed by atoms with Gasteiger partial charge in [0.25, 0.3) is 0 Å². The Morgan fingerprint density at radius 1 is 1.08 bits per heavy atom. The van der Waals surface area contributed by atoms with Gasteiger partial charge in [-0.15, -0.1) is 0 Å². The lowest BCUT2D eigenvalue weighted by molar-refractivity contribution is -0.156. The summed E-state index contributed by atoms with van der Waals surface area (Å²) in [6.07, 6.45) is 6.12. The lowest BCUT2D eigenvalue weighted by Crippen LogP contribution is -2.61. The molecule has 7 nitrogen and oxygen atoms in total. The summed E-state index contributed by atoms with van der Waals surface area (Å²) in [6, 6.07) is 10.0. The zero-order valence-corrected chi connectivity index (χ0v) is 22.8. The molecule has 3 fully saturated rings. The molecule has 5 atom stereocenters. The summed E-state index contributed by atoms with van der Waals surface area (Å²) >= 11 is 0. The Hall–Kier alpha value is -2.77. The molecule has 2 aliphatic heterocycles. The number of hydrogen-bond donors (Lipinski definition) is 3. The Kier molecular flexibility index (Phi) is 6.89. The highest BCUT2D eigenvalue weighted by Crippen LogP contribution is 2.71. The van der Waals surface area contributed by atoms with E-state index in [2.05, 4.69) is 31.6 Å². The van der Waals surface area contributed by atoms with E-state index in [-0.39, 0.29) is 41.6 Å². The van der Waals surface area contributed by atoms with Crippen molar-refractivity contribution >= 4 is 5.97 Å². The summed E-state index contributed by atoms with van der Waals surface area (Å²) in [5.41, 5.74) is 2.43. The van der Waals surface area contributed by atoms with E-state index in [0.717, 1.165) is 29.9 Å². The van der Waals surface area contributed by atoms with E-state index in [4.69, 9.17) is 14.6 Å². The van der Waals surface area contributed by atoms with E-state index < -0.39 is 5.97 Å². The first-order valence-corrected chi connectivity index (χ1v) is 13.7. The van der Waals surface area contributed by atoms with Crippen LogP contribution < -0.4 is 4.74 Å². The van der Waals surface area contributed by atoms with Gasteiger partial charge in [0.1, 0.15) is 35.0 Å². The minimum atomic E-state index is -0.632. The van der Waals surface area contributed by atoms with Crippen LogP contribution in [-0.4, -0.2) is 46.7 Å². The van der Waals surface area contributed by atoms with Crippen LogP contribution in [0.5, 0.6) is 17.2 Å². The molecule has 2 aromatic rings. The standard InChI is InChI=1S/C22H30O3.C9H10O4/c1-13-10-14(23)17-15(11-13)25-21(4)9-6-16-20(2,3)7-5-8-22(16)12-24-18(17)19(21)22;10-5-6-13-9(12)7-3-1-2-4-8(7)11/h10-11,16,18-19,23H,5-9,12H2,1-4H3;1-4,10-11H,5-6H2/t16-,18-,19-,21-,22-;/m0./s1. The van der Waals surface area contributed by atoms with Crippen LogP contribution >= 0.6 is 0 Å². The average molecular weight is 525 g/mol. The SMILES string of the molecule is Cc1cc(O)c2c(c1)O[C@@]1(C)CC[C@H]3C(C)(C)CCC[C@]34CO[C@@H]2[C@H]41.O=C(OCCO)c1ccccc1O. The second-order valence-electron chi connectivity index (χ2n) is 12.4. The molecule has 0 amide bonds. The van der Waals surface area contributed by atoms with E-state index in [0.29, 0.717) is 23.0 Å². The number of aliphatic hydroxyl groups excluding tert-OH is 1. The summed E-state index contributed by atoms with van der Waals surface area (Å²) in [7, 11) is 0. The van der Waals surface area contributed by atoms with Gasteiger partial charge >= 0.3 is 5.97 Å². The second-order valence-corrected chi connectivity index (χ2v) is 12.4. The average Bonchev–Trinajstić information content (AvgIpc) is 3.23. The highest BCUT2D eigenvalue weighted by molar-refractivity contribution is 5.92. The molecule has 1 spiro atoms. The topological polar surface area (TPSA) is 105 Å². The van der Waals surface area contributed by atoms with Crippen molar-refractivity contribution in [1.29, 1.82) is 0 Å². The molecule has 6 rings (SSSR count). The first kappa shape index (κ1) is 26.8. The molecule has 2 aliphatic carbocycles. The molecule has 0 unspecified atom stereocenters. The number of carbonyl (C=O) groups excluding carboxylic acids is 1. The van der Waals surface area contributed by atoms with Gasteiger partial charge in [-0.25, -0.2) is 4.79 Å². The molecule has 2 aromatic carbocycles. The van der Waals surface area contributed by atoms with Crippen LogP contribution in [0, 0.1) is 29.6 Å². The first-order valence-electron chi connectivity index (χ1n) is 13.7. The fourth-order valence-corrected chi connectivity index (χ4v) is 8.06. The second kappa shape index (κ2) is 9.76. The quantitative estimate of drug-likeness (QED) is 0.443. The van der Waals surface area contributed by atoms with Crippen molar-refractivity contribution in [2.45, 2.75) is 71.5 Å². The molecule has 38 heavy (non-hydrogen) atoms. The molecule has 7 heteroatoms. The van der Waals surface area contributed by atoms with Crippen molar-refractivity contribution in [1.82, 2.24) is 0 Å². The van der Waals surface area contributed by atoms with Gasteiger partial charge in [-0.2, -0.15) is 0 Å². The lowest BCUT2D eigenvalue weighted by atomic mass is 9.44. The van der Waals surface area contributed by atoms with Gasteiger partial charge in [-0.05, 0) is 80.7 Å². The first-order chi connectivity index (χ1) is 18.0. The number of aryl methyl sites for hydroxylation is 1. The molecule has 2 saturated carbocycles. The number of phenols is 2. The Morgan fingerprint density at radius 3 is 2.58 bits per heavy atom. The summed E-state index contributed by atoms with van der Waals surface area (Å²) < 4.78 is 17.7. The number of aliphatic hydroxyl groups is 1. The van der Waals surface area contributed by atoms with Crippen LogP contribution in [0.1, 0.15) is 80.5 Å². The molecule has 3 N–H and O–H groups in total. The van der Waals surface area contributed by atoms with Gasteiger partial charge in [0.2, 0.25) is 0 Å². The third-order valence-electron chi connectivity index (χ3n) is 9.48. The zero-order chi connectivity index (χ0) is 27.3. The van der Waals surface area contributed by atoms with E-state index in [1.54, 1.807) is 12.1 Å². The highest BCUT2D eigenvalue weighted by atomic mass is 16.5. The maximum Gasteiger partial charge on any atom is 0.341 e. The number of benzene rings is 2. The predicted molar refractivity (Wildman–Crippen MR) is 142 cm³/mol. The van der Waals surface area contributed by atoms with E-state index in [9.17, 15) is 15.0 Å². The lowest BCUT2D eigenvalue weighted by Gasteiger charge is -2.61. The van der Waals surface area contributed by atoms with Crippen molar-refractivity contribution in [2.24, 2.45) is 22.7 Å². The smallest absolute Gasteiger partial charge is 0.341 e. The monoisotopic (exact) mass is 524 g/mol. The van der Waals surface area contributed by atoms with Crippen LogP contribution in [0.15, 0.2) is 36.4 Å². The molecule has 0 aromatic heterocycles. The highest BCUT2D eigenvalue weighted by Gasteiger charge is 2.69. The van der Waals surface area contributed by atoms with Crippen molar-refractivity contribution in [3.63, 3.8) is 0 Å². The van der Waals surface area contributed by atoms with E-state index >= 15 is 0 Å². The number of esters is 1. The van der Waals surface area contributed by atoms with Crippen molar-refractivity contribution in [3.05, 3.63) is 53.1 Å².